The molecule has 0 spiro atoms. The lowest BCUT2D eigenvalue weighted by Gasteiger charge is -2.40. The van der Waals surface area contributed by atoms with Gasteiger partial charge in [-0.3, -0.25) is 0 Å². The van der Waals surface area contributed by atoms with Crippen LogP contribution in [0.2, 0.25) is 0 Å². The minimum Gasteiger partial charge on any atom is -0.212 e. The van der Waals surface area contributed by atoms with E-state index in [2.05, 4.69) is 6.07 Å². The third-order valence-corrected chi connectivity index (χ3v) is 3.55. The molecule has 0 unspecified atom stereocenters. The van der Waals surface area contributed by atoms with Gasteiger partial charge in [0.05, 0.1) is 11.8 Å². The Balaban J connectivity index is 2.53. The average molecular weight is 208 g/mol. The third kappa shape index (κ3) is 2.36. The number of nitriles is 1. The molecule has 1 aliphatic carbocycles. The van der Waals surface area contributed by atoms with Gasteiger partial charge in [-0.2, -0.15) is 5.26 Å². The fraction of sp³-hybridized carbons (Fsp3) is 0.857. The van der Waals surface area contributed by atoms with Gasteiger partial charge in [0, 0.05) is 16.6 Å². The van der Waals surface area contributed by atoms with Gasteiger partial charge in [-0.25, -0.2) is 8.42 Å². The normalized spacial score (nSPS) is 35.2. The van der Waals surface area contributed by atoms with Crippen molar-refractivity contribution in [2.45, 2.75) is 19.8 Å². The molecule has 12 heavy (non-hydrogen) atoms. The SMILES string of the molecule is CC1(CS(=O)(=O)Cl)CC(C#N)C1. The van der Waals surface area contributed by atoms with Crippen LogP contribution in [0, 0.1) is 22.7 Å². The van der Waals surface area contributed by atoms with Crippen LogP contribution in [0.15, 0.2) is 0 Å². The lowest BCUT2D eigenvalue weighted by atomic mass is 9.65. The maximum absolute atomic E-state index is 10.7. The van der Waals surface area contributed by atoms with Crippen LogP contribution >= 0.6 is 10.7 Å². The van der Waals surface area contributed by atoms with Crippen molar-refractivity contribution in [3.05, 3.63) is 0 Å². The van der Waals surface area contributed by atoms with Crippen molar-refractivity contribution in [3.63, 3.8) is 0 Å². The van der Waals surface area contributed by atoms with Crippen molar-refractivity contribution >= 4 is 19.7 Å². The summed E-state index contributed by atoms with van der Waals surface area (Å²) >= 11 is 0. The molecule has 0 aliphatic heterocycles. The first-order valence-corrected chi connectivity index (χ1v) is 6.14. The van der Waals surface area contributed by atoms with E-state index in [0.717, 1.165) is 0 Å². The van der Waals surface area contributed by atoms with E-state index in [0.29, 0.717) is 12.8 Å². The van der Waals surface area contributed by atoms with Crippen molar-refractivity contribution in [2.24, 2.45) is 11.3 Å². The van der Waals surface area contributed by atoms with E-state index in [9.17, 15) is 8.42 Å². The summed E-state index contributed by atoms with van der Waals surface area (Å²) in [6.07, 6.45) is 1.30. The Kier molecular flexibility index (Phi) is 2.37. The second-order valence-corrected chi connectivity index (χ2v) is 6.51. The topological polar surface area (TPSA) is 57.9 Å². The predicted molar refractivity (Wildman–Crippen MR) is 46.1 cm³/mol. The molecule has 0 radical (unpaired) electrons. The fourth-order valence-corrected chi connectivity index (χ4v) is 3.61. The molecule has 0 aromatic rings. The van der Waals surface area contributed by atoms with Gasteiger partial charge in [-0.05, 0) is 18.3 Å². The summed E-state index contributed by atoms with van der Waals surface area (Å²) in [4.78, 5) is 0. The molecule has 0 bridgehead atoms. The van der Waals surface area contributed by atoms with Crippen molar-refractivity contribution in [1.82, 2.24) is 0 Å². The lowest BCUT2D eigenvalue weighted by molar-refractivity contribution is 0.140. The second kappa shape index (κ2) is 2.90. The highest BCUT2D eigenvalue weighted by Gasteiger charge is 2.42. The number of hydrogen-bond acceptors (Lipinski definition) is 3. The Bertz CT molecular complexity index is 311. The smallest absolute Gasteiger partial charge is 0.212 e. The zero-order valence-corrected chi connectivity index (χ0v) is 8.32. The van der Waals surface area contributed by atoms with E-state index in [1.54, 1.807) is 0 Å². The first-order chi connectivity index (χ1) is 5.35. The number of rotatable bonds is 2. The minimum atomic E-state index is -3.41. The van der Waals surface area contributed by atoms with Gasteiger partial charge in [0.25, 0.3) is 0 Å². The third-order valence-electron chi connectivity index (χ3n) is 2.18. The summed E-state index contributed by atoms with van der Waals surface area (Å²) in [6, 6.07) is 2.10. The van der Waals surface area contributed by atoms with Gasteiger partial charge in [-0.15, -0.1) is 0 Å². The molecule has 0 aromatic heterocycles. The van der Waals surface area contributed by atoms with Crippen molar-refractivity contribution in [1.29, 1.82) is 5.26 Å². The molecule has 0 atom stereocenters. The Morgan fingerprint density at radius 2 is 2.17 bits per heavy atom. The maximum Gasteiger partial charge on any atom is 0.233 e. The van der Waals surface area contributed by atoms with Crippen LogP contribution in [0.25, 0.3) is 0 Å². The highest BCUT2D eigenvalue weighted by molar-refractivity contribution is 8.13. The number of hydrogen-bond donors (Lipinski definition) is 0. The molecule has 0 saturated heterocycles. The van der Waals surface area contributed by atoms with Crippen LogP contribution < -0.4 is 0 Å². The summed E-state index contributed by atoms with van der Waals surface area (Å²) in [7, 11) is 1.70. The van der Waals surface area contributed by atoms with Crippen LogP contribution in [0.4, 0.5) is 0 Å². The quantitative estimate of drug-likeness (QED) is 0.645. The first kappa shape index (κ1) is 9.82. The fourth-order valence-electron chi connectivity index (χ4n) is 1.76. The molecule has 0 heterocycles. The zero-order valence-electron chi connectivity index (χ0n) is 6.75. The van der Waals surface area contributed by atoms with E-state index in [1.165, 1.54) is 0 Å². The summed E-state index contributed by atoms with van der Waals surface area (Å²) in [5.41, 5.74) is -0.263. The number of halogens is 1. The van der Waals surface area contributed by atoms with Crippen LogP contribution in [-0.4, -0.2) is 14.2 Å². The van der Waals surface area contributed by atoms with Crippen LogP contribution in [-0.2, 0) is 9.05 Å². The Labute approximate surface area is 76.7 Å². The second-order valence-electron chi connectivity index (χ2n) is 3.73. The molecule has 1 saturated carbocycles. The molecule has 3 nitrogen and oxygen atoms in total. The molecule has 0 aromatic carbocycles. The van der Waals surface area contributed by atoms with Gasteiger partial charge < -0.3 is 0 Å². The van der Waals surface area contributed by atoms with E-state index < -0.39 is 9.05 Å². The Morgan fingerprint density at radius 3 is 2.50 bits per heavy atom. The first-order valence-electron chi connectivity index (χ1n) is 3.67. The maximum atomic E-state index is 10.7. The van der Waals surface area contributed by atoms with Gasteiger partial charge in [0.15, 0.2) is 0 Å². The molecule has 1 rings (SSSR count). The Morgan fingerprint density at radius 1 is 1.67 bits per heavy atom. The minimum absolute atomic E-state index is 0.0142. The van der Waals surface area contributed by atoms with Gasteiger partial charge >= 0.3 is 0 Å². The molecule has 5 heteroatoms. The standard InChI is InChI=1S/C7H10ClNO2S/c1-7(5-12(8,10)11)2-6(3-7)4-9/h6H,2-3,5H2,1H3. The van der Waals surface area contributed by atoms with Crippen molar-refractivity contribution < 1.29 is 8.42 Å². The summed E-state index contributed by atoms with van der Waals surface area (Å²) in [5, 5.41) is 8.48. The molecule has 1 fully saturated rings. The van der Waals surface area contributed by atoms with E-state index in [4.69, 9.17) is 15.9 Å². The van der Waals surface area contributed by atoms with Gasteiger partial charge in [-0.1, -0.05) is 6.92 Å². The highest BCUT2D eigenvalue weighted by Crippen LogP contribution is 2.46. The van der Waals surface area contributed by atoms with Crippen LogP contribution in [0.1, 0.15) is 19.8 Å². The zero-order chi connectivity index (χ0) is 9.41. The monoisotopic (exact) mass is 207 g/mol. The van der Waals surface area contributed by atoms with Gasteiger partial charge in [0.1, 0.15) is 0 Å². The molecule has 0 amide bonds. The molecule has 68 valence electrons. The van der Waals surface area contributed by atoms with Crippen molar-refractivity contribution in [2.75, 3.05) is 5.75 Å². The van der Waals surface area contributed by atoms with Gasteiger partial charge in [0.2, 0.25) is 9.05 Å². The van der Waals surface area contributed by atoms with Crippen LogP contribution in [0.3, 0.4) is 0 Å². The lowest BCUT2D eigenvalue weighted by Crippen LogP contribution is -2.38. The summed E-state index contributed by atoms with van der Waals surface area (Å²) in [6.45, 7) is 1.85. The predicted octanol–water partition coefficient (Wildman–Crippen LogP) is 1.49. The van der Waals surface area contributed by atoms with E-state index >= 15 is 0 Å². The van der Waals surface area contributed by atoms with E-state index in [1.807, 2.05) is 6.92 Å². The molecule has 0 N–H and O–H groups in total. The molecular weight excluding hydrogens is 198 g/mol. The van der Waals surface area contributed by atoms with Crippen LogP contribution in [0.5, 0.6) is 0 Å². The average Bonchev–Trinajstić information content (AvgIpc) is 1.78. The highest BCUT2D eigenvalue weighted by atomic mass is 35.7. The van der Waals surface area contributed by atoms with E-state index in [-0.39, 0.29) is 17.1 Å². The number of nitrogens with zero attached hydrogens (tertiary/aromatic N) is 1. The summed E-state index contributed by atoms with van der Waals surface area (Å²) < 4.78 is 21.4. The molecule has 1 aliphatic rings. The molecular formula is C7H10ClNO2S. The largest absolute Gasteiger partial charge is 0.233 e. The Hall–Kier alpha value is -0.270. The van der Waals surface area contributed by atoms with Crippen molar-refractivity contribution in [3.8, 4) is 6.07 Å². The summed E-state index contributed by atoms with van der Waals surface area (Å²) in [5.74, 6) is 0.00753.